The predicted octanol–water partition coefficient (Wildman–Crippen LogP) is 2.09. The van der Waals surface area contributed by atoms with E-state index < -0.39 is 11.6 Å². The Labute approximate surface area is 102 Å². The molecular weight excluding hydrogens is 242 g/mol. The Bertz CT molecular complexity index is 557. The second kappa shape index (κ2) is 4.82. The highest BCUT2D eigenvalue weighted by Crippen LogP contribution is 2.29. The van der Waals surface area contributed by atoms with Crippen LogP contribution in [0.25, 0.3) is 0 Å². The van der Waals surface area contributed by atoms with Gasteiger partial charge in [0.2, 0.25) is 5.75 Å². The first-order valence-corrected chi connectivity index (χ1v) is 4.97. The van der Waals surface area contributed by atoms with Gasteiger partial charge in [-0.3, -0.25) is 0 Å². The molecule has 0 saturated carbocycles. The van der Waals surface area contributed by atoms with Crippen molar-refractivity contribution in [1.29, 1.82) is 0 Å². The second-order valence-electron chi connectivity index (χ2n) is 3.42. The molecule has 5 nitrogen and oxygen atoms in total. The molecule has 94 valence electrons. The summed E-state index contributed by atoms with van der Waals surface area (Å²) in [7, 11) is 1.40. The summed E-state index contributed by atoms with van der Waals surface area (Å²) >= 11 is 0. The summed E-state index contributed by atoms with van der Waals surface area (Å²) in [5.41, 5.74) is 5.78. The van der Waals surface area contributed by atoms with Crippen LogP contribution in [0.2, 0.25) is 0 Å². The first-order chi connectivity index (χ1) is 8.60. The number of ether oxygens (including phenoxy) is 1. The zero-order valence-corrected chi connectivity index (χ0v) is 9.45. The lowest BCUT2D eigenvalue weighted by Gasteiger charge is -2.11. The molecule has 0 saturated heterocycles. The molecule has 18 heavy (non-hydrogen) atoms. The molecule has 1 aromatic heterocycles. The van der Waals surface area contributed by atoms with E-state index in [1.54, 1.807) is 0 Å². The van der Waals surface area contributed by atoms with Crippen LogP contribution in [0, 0.1) is 11.6 Å². The maximum absolute atomic E-state index is 13.0. The highest BCUT2D eigenvalue weighted by atomic mass is 19.1. The van der Waals surface area contributed by atoms with Gasteiger partial charge < -0.3 is 15.8 Å². The van der Waals surface area contributed by atoms with Gasteiger partial charge in [0.25, 0.3) is 0 Å². The number of hydrogen-bond acceptors (Lipinski definition) is 5. The molecule has 0 radical (unpaired) electrons. The number of benzene rings is 1. The summed E-state index contributed by atoms with van der Waals surface area (Å²) < 4.78 is 31.1. The van der Waals surface area contributed by atoms with E-state index in [0.717, 1.165) is 18.2 Å². The van der Waals surface area contributed by atoms with E-state index >= 15 is 0 Å². The van der Waals surface area contributed by atoms with E-state index in [0.29, 0.717) is 0 Å². The zero-order valence-electron chi connectivity index (χ0n) is 9.45. The number of aromatic nitrogens is 2. The third kappa shape index (κ3) is 2.45. The van der Waals surface area contributed by atoms with Gasteiger partial charge in [0, 0.05) is 11.8 Å². The molecule has 1 aromatic carbocycles. The number of halogens is 2. The fourth-order valence-electron chi connectivity index (χ4n) is 1.44. The SMILES string of the molecule is COc1c(N)ncnc1Nc1cc(F)cc(F)c1. The number of nitrogens with zero attached hydrogens (tertiary/aromatic N) is 2. The van der Waals surface area contributed by atoms with Gasteiger partial charge in [0.05, 0.1) is 7.11 Å². The molecule has 7 heteroatoms. The molecule has 0 atom stereocenters. The Balaban J connectivity index is 2.36. The summed E-state index contributed by atoms with van der Waals surface area (Å²) in [6.45, 7) is 0. The van der Waals surface area contributed by atoms with Crippen molar-refractivity contribution in [1.82, 2.24) is 9.97 Å². The van der Waals surface area contributed by atoms with Crippen molar-refractivity contribution in [2.24, 2.45) is 0 Å². The Kier molecular flexibility index (Phi) is 3.22. The number of hydrogen-bond donors (Lipinski definition) is 2. The van der Waals surface area contributed by atoms with Crippen LogP contribution in [-0.4, -0.2) is 17.1 Å². The molecule has 0 aliphatic heterocycles. The van der Waals surface area contributed by atoms with Gasteiger partial charge in [-0.2, -0.15) is 0 Å². The van der Waals surface area contributed by atoms with Gasteiger partial charge in [-0.15, -0.1) is 0 Å². The quantitative estimate of drug-likeness (QED) is 0.875. The van der Waals surface area contributed by atoms with E-state index in [4.69, 9.17) is 10.5 Å². The van der Waals surface area contributed by atoms with Crippen LogP contribution in [-0.2, 0) is 0 Å². The van der Waals surface area contributed by atoms with Gasteiger partial charge in [0.15, 0.2) is 11.6 Å². The normalized spacial score (nSPS) is 10.2. The molecule has 0 fully saturated rings. The first-order valence-electron chi connectivity index (χ1n) is 4.97. The second-order valence-corrected chi connectivity index (χ2v) is 3.42. The molecule has 1 heterocycles. The summed E-state index contributed by atoms with van der Waals surface area (Å²) in [5, 5.41) is 2.71. The lowest BCUT2D eigenvalue weighted by Crippen LogP contribution is -2.03. The topological polar surface area (TPSA) is 73.1 Å². The van der Waals surface area contributed by atoms with Crippen LogP contribution in [0.3, 0.4) is 0 Å². The summed E-state index contributed by atoms with van der Waals surface area (Å²) in [6.07, 6.45) is 1.22. The minimum absolute atomic E-state index is 0.131. The number of nitrogens with one attached hydrogen (secondary N) is 1. The van der Waals surface area contributed by atoms with E-state index in [9.17, 15) is 8.78 Å². The van der Waals surface area contributed by atoms with Crippen molar-refractivity contribution < 1.29 is 13.5 Å². The predicted molar refractivity (Wildman–Crippen MR) is 62.6 cm³/mol. The van der Waals surface area contributed by atoms with Crippen molar-refractivity contribution in [3.05, 3.63) is 36.2 Å². The van der Waals surface area contributed by atoms with Crippen molar-refractivity contribution in [2.75, 3.05) is 18.2 Å². The van der Waals surface area contributed by atoms with E-state index in [2.05, 4.69) is 15.3 Å². The molecule has 0 spiro atoms. The Morgan fingerprint density at radius 2 is 1.83 bits per heavy atom. The third-order valence-electron chi connectivity index (χ3n) is 2.16. The minimum Gasteiger partial charge on any atom is -0.490 e. The Morgan fingerprint density at radius 3 is 2.44 bits per heavy atom. The van der Waals surface area contributed by atoms with E-state index in [1.165, 1.54) is 13.4 Å². The van der Waals surface area contributed by atoms with Crippen LogP contribution >= 0.6 is 0 Å². The maximum atomic E-state index is 13.0. The molecule has 0 aliphatic carbocycles. The Hall–Kier alpha value is -2.44. The molecule has 3 N–H and O–H groups in total. The zero-order chi connectivity index (χ0) is 13.1. The number of nitrogen functional groups attached to an aromatic ring is 1. The first kappa shape index (κ1) is 12.0. The van der Waals surface area contributed by atoms with Crippen LogP contribution in [0.1, 0.15) is 0 Å². The van der Waals surface area contributed by atoms with Gasteiger partial charge >= 0.3 is 0 Å². The molecule has 0 amide bonds. The molecule has 0 unspecified atom stereocenters. The summed E-state index contributed by atoms with van der Waals surface area (Å²) in [6, 6.07) is 3.03. The van der Waals surface area contributed by atoms with Crippen molar-refractivity contribution in [2.45, 2.75) is 0 Å². The van der Waals surface area contributed by atoms with Crippen LogP contribution < -0.4 is 15.8 Å². The number of anilines is 3. The highest BCUT2D eigenvalue weighted by molar-refractivity contribution is 5.67. The van der Waals surface area contributed by atoms with Crippen molar-refractivity contribution in [3.63, 3.8) is 0 Å². The van der Waals surface area contributed by atoms with Crippen LogP contribution in [0.15, 0.2) is 24.5 Å². The van der Waals surface area contributed by atoms with Gasteiger partial charge in [-0.1, -0.05) is 0 Å². The number of methoxy groups -OCH3 is 1. The number of rotatable bonds is 3. The number of nitrogens with two attached hydrogens (primary N) is 1. The van der Waals surface area contributed by atoms with E-state index in [-0.39, 0.29) is 23.1 Å². The van der Waals surface area contributed by atoms with Gasteiger partial charge in [-0.25, -0.2) is 18.7 Å². The summed E-state index contributed by atoms with van der Waals surface area (Å²) in [4.78, 5) is 7.63. The lowest BCUT2D eigenvalue weighted by molar-refractivity contribution is 0.415. The smallest absolute Gasteiger partial charge is 0.204 e. The monoisotopic (exact) mass is 252 g/mol. The molecule has 2 aromatic rings. The van der Waals surface area contributed by atoms with Crippen LogP contribution in [0.5, 0.6) is 5.75 Å². The standard InChI is InChI=1S/C11H10F2N4O/c1-18-9-10(14)15-5-16-11(9)17-8-3-6(12)2-7(13)4-8/h2-5H,1H3,(H3,14,15,16,17). The molecular formula is C11H10F2N4O. The van der Waals surface area contributed by atoms with Crippen molar-refractivity contribution >= 4 is 17.3 Å². The average Bonchev–Trinajstić information content (AvgIpc) is 2.27. The van der Waals surface area contributed by atoms with Crippen LogP contribution in [0.4, 0.5) is 26.1 Å². The van der Waals surface area contributed by atoms with E-state index in [1.807, 2.05) is 0 Å². The third-order valence-corrected chi connectivity index (χ3v) is 2.16. The molecule has 0 aliphatic rings. The lowest BCUT2D eigenvalue weighted by atomic mass is 10.3. The summed E-state index contributed by atoms with van der Waals surface area (Å²) in [5.74, 6) is -0.818. The largest absolute Gasteiger partial charge is 0.490 e. The maximum Gasteiger partial charge on any atom is 0.204 e. The fraction of sp³-hybridized carbons (Fsp3) is 0.0909. The van der Waals surface area contributed by atoms with Crippen molar-refractivity contribution in [3.8, 4) is 5.75 Å². The highest BCUT2D eigenvalue weighted by Gasteiger charge is 2.10. The molecule has 2 rings (SSSR count). The van der Waals surface area contributed by atoms with Gasteiger partial charge in [-0.05, 0) is 12.1 Å². The fourth-order valence-corrected chi connectivity index (χ4v) is 1.44. The van der Waals surface area contributed by atoms with Gasteiger partial charge in [0.1, 0.15) is 18.0 Å². The Morgan fingerprint density at radius 1 is 1.17 bits per heavy atom. The minimum atomic E-state index is -0.696. The molecule has 0 bridgehead atoms. The average molecular weight is 252 g/mol.